The third-order valence-electron chi connectivity index (χ3n) is 2.78. The minimum atomic E-state index is 0.183. The maximum absolute atomic E-state index is 4.35. The normalized spacial score (nSPS) is 12.6. The highest BCUT2D eigenvalue weighted by Gasteiger charge is 2.09. The summed E-state index contributed by atoms with van der Waals surface area (Å²) >= 11 is 0. The Morgan fingerprint density at radius 3 is 2.72 bits per heavy atom. The van der Waals surface area contributed by atoms with Crippen molar-refractivity contribution >= 4 is 0 Å². The van der Waals surface area contributed by atoms with Gasteiger partial charge in [-0.15, -0.1) is 0 Å². The topological polar surface area (TPSA) is 68.5 Å². The fourth-order valence-corrected chi connectivity index (χ4v) is 1.84. The van der Waals surface area contributed by atoms with Crippen LogP contribution >= 0.6 is 0 Å². The lowest BCUT2D eigenvalue weighted by atomic mass is 10.2. The quantitative estimate of drug-likeness (QED) is 0.845. The van der Waals surface area contributed by atoms with E-state index in [2.05, 4.69) is 32.3 Å². The van der Waals surface area contributed by atoms with Crippen molar-refractivity contribution in [2.75, 3.05) is 6.54 Å². The molecule has 0 aliphatic heterocycles. The van der Waals surface area contributed by atoms with Gasteiger partial charge in [-0.2, -0.15) is 5.10 Å². The molecule has 96 valence electrons. The third-order valence-corrected chi connectivity index (χ3v) is 2.78. The van der Waals surface area contributed by atoms with Crippen molar-refractivity contribution in [3.8, 4) is 0 Å². The molecule has 2 rings (SSSR count). The second kappa shape index (κ2) is 5.68. The van der Waals surface area contributed by atoms with E-state index in [4.69, 9.17) is 0 Å². The zero-order valence-corrected chi connectivity index (χ0v) is 11.0. The second-order valence-electron chi connectivity index (χ2n) is 4.29. The molecule has 2 aromatic rings. The Labute approximate surface area is 106 Å². The van der Waals surface area contributed by atoms with Crippen LogP contribution in [0.15, 0.2) is 18.7 Å². The molecule has 6 nitrogen and oxygen atoms in total. The molecule has 0 bridgehead atoms. The summed E-state index contributed by atoms with van der Waals surface area (Å²) in [6, 6.07) is 0.183. The van der Waals surface area contributed by atoms with Gasteiger partial charge >= 0.3 is 0 Å². The van der Waals surface area contributed by atoms with E-state index in [-0.39, 0.29) is 6.04 Å². The van der Waals surface area contributed by atoms with Crippen LogP contribution in [0.5, 0.6) is 0 Å². The van der Waals surface area contributed by atoms with Crippen molar-refractivity contribution in [3.63, 3.8) is 0 Å². The molecule has 1 unspecified atom stereocenters. The van der Waals surface area contributed by atoms with Gasteiger partial charge < -0.3 is 5.32 Å². The molecule has 0 fully saturated rings. The van der Waals surface area contributed by atoms with Gasteiger partial charge in [-0.25, -0.2) is 4.98 Å². The molecule has 0 saturated carbocycles. The molecule has 2 aromatic heterocycles. The van der Waals surface area contributed by atoms with Crippen molar-refractivity contribution in [3.05, 3.63) is 35.9 Å². The van der Waals surface area contributed by atoms with E-state index in [1.807, 2.05) is 14.0 Å². The largest absolute Gasteiger partial charge is 0.308 e. The van der Waals surface area contributed by atoms with Crippen LogP contribution < -0.4 is 5.32 Å². The van der Waals surface area contributed by atoms with E-state index in [0.717, 1.165) is 30.2 Å². The van der Waals surface area contributed by atoms with Gasteiger partial charge in [0.05, 0.1) is 11.4 Å². The molecule has 1 N–H and O–H groups in total. The van der Waals surface area contributed by atoms with Gasteiger partial charge in [-0.3, -0.25) is 14.6 Å². The first kappa shape index (κ1) is 12.6. The first-order valence-corrected chi connectivity index (χ1v) is 6.02. The maximum atomic E-state index is 4.35. The smallest absolute Gasteiger partial charge is 0.151 e. The summed E-state index contributed by atoms with van der Waals surface area (Å²) in [5, 5.41) is 7.64. The van der Waals surface area contributed by atoms with Crippen LogP contribution in [0.3, 0.4) is 0 Å². The van der Waals surface area contributed by atoms with Gasteiger partial charge in [0, 0.05) is 38.4 Å². The molecular formula is C12H18N6. The Morgan fingerprint density at radius 1 is 1.28 bits per heavy atom. The summed E-state index contributed by atoms with van der Waals surface area (Å²) in [7, 11) is 1.87. The van der Waals surface area contributed by atoms with Crippen molar-refractivity contribution < 1.29 is 0 Å². The van der Waals surface area contributed by atoms with Crippen LogP contribution in [0.25, 0.3) is 0 Å². The van der Waals surface area contributed by atoms with Gasteiger partial charge in [-0.1, -0.05) is 0 Å². The first-order chi connectivity index (χ1) is 8.66. The molecule has 0 amide bonds. The maximum Gasteiger partial charge on any atom is 0.151 e. The molecule has 0 saturated heterocycles. The van der Waals surface area contributed by atoms with Crippen molar-refractivity contribution in [1.82, 2.24) is 30.0 Å². The molecule has 2 heterocycles. The summed E-state index contributed by atoms with van der Waals surface area (Å²) in [6.07, 6.45) is 5.96. The van der Waals surface area contributed by atoms with Gasteiger partial charge in [-0.05, 0) is 13.8 Å². The van der Waals surface area contributed by atoms with Crippen LogP contribution in [0, 0.1) is 6.92 Å². The zero-order valence-electron chi connectivity index (χ0n) is 11.0. The lowest BCUT2D eigenvalue weighted by Crippen LogP contribution is -2.23. The highest BCUT2D eigenvalue weighted by Crippen LogP contribution is 2.11. The number of aryl methyl sites for hydroxylation is 2. The average Bonchev–Trinajstić information content (AvgIpc) is 2.75. The van der Waals surface area contributed by atoms with Crippen LogP contribution in [0.4, 0.5) is 0 Å². The predicted octanol–water partition coefficient (Wildman–Crippen LogP) is 0.807. The molecule has 0 aliphatic rings. The summed E-state index contributed by atoms with van der Waals surface area (Å²) in [5.41, 5.74) is 1.96. The molecule has 1 atom stereocenters. The average molecular weight is 246 g/mol. The SMILES string of the molecule is Cc1nccnc1C(C)NCCc1ncn(C)n1. The van der Waals surface area contributed by atoms with Gasteiger partial charge in [0.25, 0.3) is 0 Å². The van der Waals surface area contributed by atoms with E-state index in [9.17, 15) is 0 Å². The van der Waals surface area contributed by atoms with E-state index >= 15 is 0 Å². The summed E-state index contributed by atoms with van der Waals surface area (Å²) in [6.45, 7) is 4.88. The molecule has 0 aliphatic carbocycles. The number of nitrogens with one attached hydrogen (secondary N) is 1. The molecule has 18 heavy (non-hydrogen) atoms. The Bertz CT molecular complexity index is 507. The predicted molar refractivity (Wildman–Crippen MR) is 67.9 cm³/mol. The van der Waals surface area contributed by atoms with Crippen molar-refractivity contribution in [2.24, 2.45) is 7.05 Å². The molecule has 0 radical (unpaired) electrons. The van der Waals surface area contributed by atoms with Crippen LogP contribution in [0.1, 0.15) is 30.2 Å². The molecule has 0 spiro atoms. The first-order valence-electron chi connectivity index (χ1n) is 6.02. The van der Waals surface area contributed by atoms with Gasteiger partial charge in [0.1, 0.15) is 6.33 Å². The lowest BCUT2D eigenvalue weighted by Gasteiger charge is -2.13. The second-order valence-corrected chi connectivity index (χ2v) is 4.29. The molecule has 0 aromatic carbocycles. The number of aromatic nitrogens is 5. The zero-order chi connectivity index (χ0) is 13.0. The number of nitrogens with zero attached hydrogens (tertiary/aromatic N) is 5. The fraction of sp³-hybridized carbons (Fsp3) is 0.500. The van der Waals surface area contributed by atoms with E-state index in [0.29, 0.717) is 0 Å². The van der Waals surface area contributed by atoms with Crippen LogP contribution in [-0.2, 0) is 13.5 Å². The van der Waals surface area contributed by atoms with Crippen molar-refractivity contribution in [1.29, 1.82) is 0 Å². The number of hydrogen-bond acceptors (Lipinski definition) is 5. The number of hydrogen-bond donors (Lipinski definition) is 1. The van der Waals surface area contributed by atoms with Gasteiger partial charge in [0.2, 0.25) is 0 Å². The monoisotopic (exact) mass is 246 g/mol. The highest BCUT2D eigenvalue weighted by atomic mass is 15.3. The Balaban J connectivity index is 1.85. The highest BCUT2D eigenvalue weighted by molar-refractivity contribution is 5.12. The summed E-state index contributed by atoms with van der Waals surface area (Å²) in [5.74, 6) is 0.855. The minimum Gasteiger partial charge on any atom is -0.308 e. The molecular weight excluding hydrogens is 228 g/mol. The van der Waals surface area contributed by atoms with Crippen LogP contribution in [0.2, 0.25) is 0 Å². The minimum absolute atomic E-state index is 0.183. The Hall–Kier alpha value is -1.82. The van der Waals surface area contributed by atoms with Gasteiger partial charge in [0.15, 0.2) is 5.82 Å². The summed E-state index contributed by atoms with van der Waals surface area (Å²) < 4.78 is 1.71. The standard InChI is InChI=1S/C12H18N6/c1-9(12-10(2)14-6-7-15-12)13-5-4-11-16-8-18(3)17-11/h6-9,13H,4-5H2,1-3H3. The third kappa shape index (κ3) is 3.10. The molecule has 6 heteroatoms. The summed E-state index contributed by atoms with van der Waals surface area (Å²) in [4.78, 5) is 12.8. The van der Waals surface area contributed by atoms with E-state index in [1.54, 1.807) is 23.4 Å². The lowest BCUT2D eigenvalue weighted by molar-refractivity contribution is 0.551. The Kier molecular flexibility index (Phi) is 3.99. The van der Waals surface area contributed by atoms with E-state index < -0.39 is 0 Å². The number of rotatable bonds is 5. The van der Waals surface area contributed by atoms with E-state index in [1.165, 1.54) is 0 Å². The Morgan fingerprint density at radius 2 is 2.06 bits per heavy atom. The van der Waals surface area contributed by atoms with Crippen molar-refractivity contribution in [2.45, 2.75) is 26.3 Å². The van der Waals surface area contributed by atoms with Crippen LogP contribution in [-0.4, -0.2) is 31.3 Å². The fourth-order valence-electron chi connectivity index (χ4n) is 1.84.